The van der Waals surface area contributed by atoms with Gasteiger partial charge in [-0.1, -0.05) is 27.7 Å². The fourth-order valence-corrected chi connectivity index (χ4v) is 1.62. The molecule has 0 radical (unpaired) electrons. The van der Waals surface area contributed by atoms with Crippen LogP contribution in [0.1, 0.15) is 44.4 Å². The summed E-state index contributed by atoms with van der Waals surface area (Å²) >= 11 is 1.72. The van der Waals surface area contributed by atoms with Gasteiger partial charge in [0.1, 0.15) is 0 Å². The van der Waals surface area contributed by atoms with Crippen molar-refractivity contribution in [3.05, 3.63) is 21.9 Å². The topological polar surface area (TPSA) is 29.1 Å². The molecule has 0 aliphatic rings. The summed E-state index contributed by atoms with van der Waals surface area (Å²) in [5.41, 5.74) is 0. The Kier molecular flexibility index (Phi) is 12.4. The molecule has 1 amide bonds. The molecule has 0 unspecified atom stereocenters. The zero-order chi connectivity index (χ0) is 12.3. The summed E-state index contributed by atoms with van der Waals surface area (Å²) in [7, 11) is 0. The van der Waals surface area contributed by atoms with Gasteiger partial charge in [-0.15, -0.1) is 11.3 Å². The Bertz CT molecular complexity index is 256. The van der Waals surface area contributed by atoms with Gasteiger partial charge in [0.25, 0.3) is 0 Å². The highest BCUT2D eigenvalue weighted by molar-refractivity contribution is 7.11. The van der Waals surface area contributed by atoms with Crippen molar-refractivity contribution in [3.8, 4) is 0 Å². The smallest absolute Gasteiger partial charge is 0.217 e. The Morgan fingerprint density at radius 2 is 1.80 bits per heavy atom. The summed E-state index contributed by atoms with van der Waals surface area (Å²) in [6, 6.07) is 4.09. The minimum atomic E-state index is 0.0241. The van der Waals surface area contributed by atoms with E-state index in [1.54, 1.807) is 11.3 Å². The molecule has 0 saturated heterocycles. The molecule has 1 rings (SSSR count). The van der Waals surface area contributed by atoms with E-state index in [0.717, 1.165) is 0 Å². The molecule has 0 atom stereocenters. The quantitative estimate of drug-likeness (QED) is 0.822. The molecule has 0 spiro atoms. The number of carbonyl (C=O) groups is 1. The van der Waals surface area contributed by atoms with Crippen molar-refractivity contribution in [2.75, 3.05) is 0 Å². The van der Waals surface area contributed by atoms with Gasteiger partial charge in [-0.25, -0.2) is 0 Å². The van der Waals surface area contributed by atoms with Crippen molar-refractivity contribution >= 4 is 17.2 Å². The summed E-state index contributed by atoms with van der Waals surface area (Å²) in [4.78, 5) is 13.0. The van der Waals surface area contributed by atoms with Gasteiger partial charge in [0.05, 0.1) is 6.54 Å². The van der Waals surface area contributed by atoms with E-state index in [1.165, 1.54) is 16.7 Å². The first kappa shape index (κ1) is 16.6. The molecule has 2 nitrogen and oxygen atoms in total. The van der Waals surface area contributed by atoms with Crippen molar-refractivity contribution in [2.45, 2.75) is 48.1 Å². The van der Waals surface area contributed by atoms with Gasteiger partial charge in [-0.2, -0.15) is 0 Å². The normalized spacial score (nSPS) is 7.87. The van der Waals surface area contributed by atoms with Crippen LogP contribution >= 0.6 is 11.3 Å². The lowest BCUT2D eigenvalue weighted by Crippen LogP contribution is -2.17. The number of rotatable bonds is 2. The average molecular weight is 229 g/mol. The van der Waals surface area contributed by atoms with Gasteiger partial charge in [0.15, 0.2) is 0 Å². The van der Waals surface area contributed by atoms with Crippen LogP contribution in [0.5, 0.6) is 0 Å². The predicted octanol–water partition coefficient (Wildman–Crippen LogP) is 3.75. The Labute approximate surface area is 97.7 Å². The predicted molar refractivity (Wildman–Crippen MR) is 69.3 cm³/mol. The highest BCUT2D eigenvalue weighted by Crippen LogP contribution is 2.14. The molecule has 0 aromatic carbocycles. The molecule has 3 heteroatoms. The minimum Gasteiger partial charge on any atom is -0.351 e. The van der Waals surface area contributed by atoms with Crippen molar-refractivity contribution in [1.29, 1.82) is 0 Å². The summed E-state index contributed by atoms with van der Waals surface area (Å²) in [5.74, 6) is 0.0241. The van der Waals surface area contributed by atoms with E-state index < -0.39 is 0 Å². The molecule has 88 valence electrons. The van der Waals surface area contributed by atoms with Crippen LogP contribution in [-0.4, -0.2) is 5.91 Å². The van der Waals surface area contributed by atoms with Gasteiger partial charge in [0, 0.05) is 16.7 Å². The second kappa shape index (κ2) is 11.2. The highest BCUT2D eigenvalue weighted by Gasteiger charge is 1.96. The van der Waals surface area contributed by atoms with Crippen LogP contribution in [0, 0.1) is 6.92 Å². The molecule has 1 heterocycles. The fraction of sp³-hybridized carbons (Fsp3) is 0.583. The number of carbonyl (C=O) groups excluding carboxylic acids is 1. The van der Waals surface area contributed by atoms with Crippen LogP contribution in [0.4, 0.5) is 0 Å². The van der Waals surface area contributed by atoms with E-state index in [9.17, 15) is 4.79 Å². The van der Waals surface area contributed by atoms with Gasteiger partial charge >= 0.3 is 0 Å². The molecule has 1 N–H and O–H groups in total. The van der Waals surface area contributed by atoms with Crippen molar-refractivity contribution in [3.63, 3.8) is 0 Å². The molecule has 1 aromatic rings. The second-order valence-electron chi connectivity index (χ2n) is 2.42. The minimum absolute atomic E-state index is 0.0241. The summed E-state index contributed by atoms with van der Waals surface area (Å²) in [6.45, 7) is 12.2. The third kappa shape index (κ3) is 9.47. The number of hydrogen-bond donors (Lipinski definition) is 1. The standard InChI is InChI=1S/C8H11NOS.2C2H6/c1-6-3-4-8(11-6)5-9-7(2)10;2*1-2/h3-4H,5H2,1-2H3,(H,9,10);2*1-2H3. The van der Waals surface area contributed by atoms with E-state index in [4.69, 9.17) is 0 Å². The van der Waals surface area contributed by atoms with Gasteiger partial charge < -0.3 is 5.32 Å². The Hall–Kier alpha value is -0.830. The highest BCUT2D eigenvalue weighted by atomic mass is 32.1. The number of thiophene rings is 1. The summed E-state index contributed by atoms with van der Waals surface area (Å²) in [5, 5.41) is 2.75. The van der Waals surface area contributed by atoms with Gasteiger partial charge in [-0.05, 0) is 19.1 Å². The van der Waals surface area contributed by atoms with E-state index >= 15 is 0 Å². The average Bonchev–Trinajstić information content (AvgIpc) is 2.67. The van der Waals surface area contributed by atoms with E-state index in [0.29, 0.717) is 6.54 Å². The molecular weight excluding hydrogens is 206 g/mol. The van der Waals surface area contributed by atoms with E-state index in [2.05, 4.69) is 18.3 Å². The molecule has 1 aromatic heterocycles. The van der Waals surface area contributed by atoms with Crippen LogP contribution < -0.4 is 5.32 Å². The number of nitrogens with one attached hydrogen (secondary N) is 1. The number of hydrogen-bond acceptors (Lipinski definition) is 2. The Morgan fingerprint density at radius 1 is 1.27 bits per heavy atom. The van der Waals surface area contributed by atoms with Crippen molar-refractivity contribution < 1.29 is 4.79 Å². The third-order valence-electron chi connectivity index (χ3n) is 1.31. The van der Waals surface area contributed by atoms with Crippen LogP contribution in [0.15, 0.2) is 12.1 Å². The molecular formula is C12H23NOS. The van der Waals surface area contributed by atoms with Crippen LogP contribution in [0.2, 0.25) is 0 Å². The lowest BCUT2D eigenvalue weighted by molar-refractivity contribution is -0.119. The van der Waals surface area contributed by atoms with Gasteiger partial charge in [0.2, 0.25) is 5.91 Å². The number of aryl methyl sites for hydroxylation is 1. The first-order valence-corrected chi connectivity index (χ1v) is 6.30. The molecule has 0 fully saturated rings. The lowest BCUT2D eigenvalue weighted by Gasteiger charge is -1.96. The maximum absolute atomic E-state index is 10.5. The monoisotopic (exact) mass is 229 g/mol. The largest absolute Gasteiger partial charge is 0.351 e. The summed E-state index contributed by atoms with van der Waals surface area (Å²) < 4.78 is 0. The Morgan fingerprint density at radius 3 is 2.13 bits per heavy atom. The van der Waals surface area contributed by atoms with E-state index in [1.807, 2.05) is 33.8 Å². The molecule has 15 heavy (non-hydrogen) atoms. The van der Waals surface area contributed by atoms with Crippen molar-refractivity contribution in [2.24, 2.45) is 0 Å². The zero-order valence-electron chi connectivity index (χ0n) is 10.7. The third-order valence-corrected chi connectivity index (χ3v) is 2.31. The SMILES string of the molecule is CC.CC.CC(=O)NCc1ccc(C)s1. The lowest BCUT2D eigenvalue weighted by atomic mass is 10.4. The second-order valence-corrected chi connectivity index (χ2v) is 3.79. The molecule has 0 saturated carbocycles. The van der Waals surface area contributed by atoms with Gasteiger partial charge in [-0.3, -0.25) is 4.79 Å². The molecule has 0 bridgehead atoms. The summed E-state index contributed by atoms with van der Waals surface area (Å²) in [6.07, 6.45) is 0. The molecule has 0 aliphatic heterocycles. The van der Waals surface area contributed by atoms with Crippen LogP contribution in [0.3, 0.4) is 0 Å². The van der Waals surface area contributed by atoms with Crippen LogP contribution in [-0.2, 0) is 11.3 Å². The first-order chi connectivity index (χ1) is 7.18. The molecule has 0 aliphatic carbocycles. The maximum atomic E-state index is 10.5. The zero-order valence-corrected chi connectivity index (χ0v) is 11.5. The first-order valence-electron chi connectivity index (χ1n) is 5.48. The van der Waals surface area contributed by atoms with Crippen molar-refractivity contribution in [1.82, 2.24) is 5.32 Å². The maximum Gasteiger partial charge on any atom is 0.217 e. The fourth-order valence-electron chi connectivity index (χ4n) is 0.792. The van der Waals surface area contributed by atoms with Crippen LogP contribution in [0.25, 0.3) is 0 Å². The Balaban J connectivity index is 0. The van der Waals surface area contributed by atoms with E-state index in [-0.39, 0.29) is 5.91 Å². The number of amides is 1.